The van der Waals surface area contributed by atoms with Gasteiger partial charge in [-0.3, -0.25) is 4.74 Å². The molecule has 0 fully saturated rings. The molecule has 21 heavy (non-hydrogen) atoms. The molecule has 0 aliphatic carbocycles. The van der Waals surface area contributed by atoms with Crippen molar-refractivity contribution in [2.24, 2.45) is 0 Å². The number of carbonyl (C=O) groups excluding carboxylic acids is 1. The van der Waals surface area contributed by atoms with Crippen LogP contribution in [0.2, 0.25) is 0 Å². The number of hydrogen-bond acceptors (Lipinski definition) is 4. The summed E-state index contributed by atoms with van der Waals surface area (Å²) in [7, 11) is 0. The Morgan fingerprint density at radius 1 is 1.14 bits per heavy atom. The molecule has 2 rings (SSSR count). The van der Waals surface area contributed by atoms with Crippen molar-refractivity contribution < 1.29 is 71.2 Å². The van der Waals surface area contributed by atoms with Crippen molar-refractivity contribution in [3.8, 4) is 0 Å². The van der Waals surface area contributed by atoms with Crippen molar-refractivity contribution in [1.29, 1.82) is 0 Å². The van der Waals surface area contributed by atoms with Crippen LogP contribution in [0, 0.1) is 5.21 Å². The van der Waals surface area contributed by atoms with Gasteiger partial charge in [-0.05, 0) is 45.4 Å². The molecule has 0 saturated carbocycles. The Kier molecular flexibility index (Phi) is 5.30. The number of nitrogens with zero attached hydrogens (tertiary/aromatic N) is 2. The number of amidine groups is 1. The van der Waals surface area contributed by atoms with Crippen LogP contribution in [0.25, 0.3) is 0 Å². The molecule has 107 valence electrons. The summed E-state index contributed by atoms with van der Waals surface area (Å²) in [5.74, 6) is -1.31. The first kappa shape index (κ1) is 18.6. The van der Waals surface area contributed by atoms with Crippen LogP contribution in [-0.2, 0) is 5.21 Å². The molecule has 0 spiro atoms. The van der Waals surface area contributed by atoms with Gasteiger partial charge in [0.2, 0.25) is 0 Å². The maximum Gasteiger partial charge on any atom is 1.00 e. The maximum atomic E-state index is 12.4. The second kappa shape index (κ2) is 5.98. The Labute approximate surface area is 166 Å². The fourth-order valence-electron chi connectivity index (χ4n) is 2.10. The number of rotatable bonds is 2. The number of benzene rings is 1. The van der Waals surface area contributed by atoms with E-state index in [2.05, 4.69) is 0 Å². The Balaban J connectivity index is 0.00000220. The molecule has 1 aromatic rings. The third-order valence-corrected chi connectivity index (χ3v) is 4.28. The predicted octanol–water partition coefficient (Wildman–Crippen LogP) is -2.47. The summed E-state index contributed by atoms with van der Waals surface area (Å²) in [5.41, 5.74) is -1.40. The van der Waals surface area contributed by atoms with E-state index in [1.807, 2.05) is 0 Å². The Morgan fingerprint density at radius 2 is 1.62 bits per heavy atom. The minimum atomic E-state index is -1.30. The minimum Gasteiger partial charge on any atom is -0.714 e. The van der Waals surface area contributed by atoms with Crippen molar-refractivity contribution >= 4 is 11.8 Å². The fourth-order valence-corrected chi connectivity index (χ4v) is 2.10. The van der Waals surface area contributed by atoms with Gasteiger partial charge in [0.25, 0.3) is 0 Å². The molecule has 0 N–H and O–H groups in total. The van der Waals surface area contributed by atoms with E-state index in [1.54, 1.807) is 27.7 Å². The predicted molar refractivity (Wildman–Crippen MR) is 69.2 cm³/mol. The SMILES string of the molecule is CC1(C)N([O])C(c2ccc(C(=O)[O-])cc2)=[N+]([O-])C1(C)C.[K+]. The van der Waals surface area contributed by atoms with Crippen LogP contribution >= 0.6 is 0 Å². The van der Waals surface area contributed by atoms with Crippen molar-refractivity contribution in [1.82, 2.24) is 5.06 Å². The van der Waals surface area contributed by atoms with E-state index in [0.29, 0.717) is 15.4 Å². The molecular weight excluding hydrogens is 299 g/mol. The molecule has 0 atom stereocenters. The molecule has 6 nitrogen and oxygen atoms in total. The van der Waals surface area contributed by atoms with Gasteiger partial charge in [0.05, 0.1) is 11.5 Å². The first-order valence-corrected chi connectivity index (χ1v) is 6.24. The zero-order valence-corrected chi connectivity index (χ0v) is 16.0. The first-order valence-electron chi connectivity index (χ1n) is 6.24. The van der Waals surface area contributed by atoms with E-state index in [9.17, 15) is 20.3 Å². The van der Waals surface area contributed by atoms with Gasteiger partial charge in [-0.2, -0.15) is 0 Å². The Hall–Kier alpha value is -0.444. The standard InChI is InChI=1S/C14H17N2O4.K/c1-13(2)14(3,4)16(20)11(15(13)19)9-5-7-10(8-6-9)12(17)18;/h5-8H,1-4H3,(H,17,18);/q;+1/p-1. The van der Waals surface area contributed by atoms with E-state index in [1.165, 1.54) is 24.3 Å². The number of hydrogen-bond donors (Lipinski definition) is 0. The van der Waals surface area contributed by atoms with Crippen LogP contribution in [-0.4, -0.2) is 32.7 Å². The molecule has 1 aliphatic rings. The van der Waals surface area contributed by atoms with Gasteiger partial charge in [-0.1, -0.05) is 17.2 Å². The van der Waals surface area contributed by atoms with Gasteiger partial charge in [-0.15, -0.1) is 0 Å². The number of aromatic carboxylic acids is 1. The molecule has 1 heterocycles. The summed E-state index contributed by atoms with van der Waals surface area (Å²) in [4.78, 5) is 10.7. The maximum absolute atomic E-state index is 12.4. The summed E-state index contributed by atoms with van der Waals surface area (Å²) in [6.45, 7) is 6.81. The molecule has 7 heteroatoms. The van der Waals surface area contributed by atoms with Crippen LogP contribution in [0.1, 0.15) is 43.6 Å². The van der Waals surface area contributed by atoms with Crippen LogP contribution in [0.5, 0.6) is 0 Å². The van der Waals surface area contributed by atoms with Gasteiger partial charge >= 0.3 is 57.2 Å². The van der Waals surface area contributed by atoms with Crippen LogP contribution in [0.4, 0.5) is 0 Å². The zero-order valence-electron chi connectivity index (χ0n) is 12.8. The minimum absolute atomic E-state index is 0. The largest absolute Gasteiger partial charge is 1.00 e. The smallest absolute Gasteiger partial charge is 0.714 e. The molecule has 1 radical (unpaired) electrons. The normalized spacial score (nSPS) is 19.4. The molecule has 0 saturated heterocycles. The van der Waals surface area contributed by atoms with Gasteiger partial charge in [0, 0.05) is 5.21 Å². The third kappa shape index (κ3) is 2.78. The third-order valence-electron chi connectivity index (χ3n) is 4.28. The van der Waals surface area contributed by atoms with E-state index in [0.717, 1.165) is 0 Å². The molecule has 0 aromatic heterocycles. The van der Waals surface area contributed by atoms with E-state index in [-0.39, 0.29) is 62.8 Å². The summed E-state index contributed by atoms with van der Waals surface area (Å²) in [6.07, 6.45) is 0. The average Bonchev–Trinajstić information content (AvgIpc) is 2.49. The number of hydroxylamine groups is 3. The topological polar surface area (TPSA) is 89.3 Å². The monoisotopic (exact) mass is 315 g/mol. The van der Waals surface area contributed by atoms with Crippen LogP contribution in [0.3, 0.4) is 0 Å². The number of carbonyl (C=O) groups is 1. The summed E-state index contributed by atoms with van der Waals surface area (Å²) < 4.78 is 0.689. The number of carboxylic acid groups (broad SMARTS) is 1. The first-order chi connectivity index (χ1) is 9.10. The van der Waals surface area contributed by atoms with Gasteiger partial charge < -0.3 is 15.1 Å². The molecule has 0 bridgehead atoms. The van der Waals surface area contributed by atoms with Gasteiger partial charge in [0.1, 0.15) is 5.54 Å². The average molecular weight is 315 g/mol. The van der Waals surface area contributed by atoms with Crippen molar-refractivity contribution in [3.05, 3.63) is 40.6 Å². The second-order valence-corrected chi connectivity index (χ2v) is 5.90. The van der Waals surface area contributed by atoms with Gasteiger partial charge in [-0.25, -0.2) is 0 Å². The molecule has 1 aromatic carbocycles. The number of carboxylic acids is 1. The quantitative estimate of drug-likeness (QED) is 0.344. The molecule has 1 aliphatic heterocycles. The van der Waals surface area contributed by atoms with Crippen LogP contribution < -0.4 is 56.5 Å². The van der Waals surface area contributed by atoms with Crippen molar-refractivity contribution in [3.63, 3.8) is 0 Å². The second-order valence-electron chi connectivity index (χ2n) is 5.90. The van der Waals surface area contributed by atoms with Crippen molar-refractivity contribution in [2.45, 2.75) is 38.8 Å². The van der Waals surface area contributed by atoms with E-state index >= 15 is 0 Å². The molecule has 0 amide bonds. The molecular formula is C14H16KN2O4. The Morgan fingerprint density at radius 3 is 1.95 bits per heavy atom. The Bertz CT molecular complexity index is 593. The van der Waals surface area contributed by atoms with E-state index in [4.69, 9.17) is 0 Å². The van der Waals surface area contributed by atoms with Gasteiger partial charge in [0.15, 0.2) is 5.54 Å². The van der Waals surface area contributed by atoms with Crippen LogP contribution in [0.15, 0.2) is 24.3 Å². The summed E-state index contributed by atoms with van der Waals surface area (Å²) in [5, 5.41) is 36.2. The summed E-state index contributed by atoms with van der Waals surface area (Å²) in [6, 6.07) is 5.51. The summed E-state index contributed by atoms with van der Waals surface area (Å²) >= 11 is 0. The van der Waals surface area contributed by atoms with Crippen molar-refractivity contribution in [2.75, 3.05) is 0 Å². The van der Waals surface area contributed by atoms with E-state index < -0.39 is 17.0 Å². The fraction of sp³-hybridized carbons (Fsp3) is 0.429. The molecule has 0 unspecified atom stereocenters. The zero-order chi connectivity index (χ0) is 15.3.